The van der Waals surface area contributed by atoms with Crippen LogP contribution in [0.2, 0.25) is 0 Å². The van der Waals surface area contributed by atoms with Crippen molar-refractivity contribution in [1.29, 1.82) is 0 Å². The predicted octanol–water partition coefficient (Wildman–Crippen LogP) is 0.980. The van der Waals surface area contributed by atoms with Crippen LogP contribution < -0.4 is 4.90 Å². The third kappa shape index (κ3) is 2.16. The van der Waals surface area contributed by atoms with E-state index in [2.05, 4.69) is 0 Å². The van der Waals surface area contributed by atoms with Gasteiger partial charge in [0.15, 0.2) is 0 Å². The summed E-state index contributed by atoms with van der Waals surface area (Å²) in [6.45, 7) is 2.94. The van der Waals surface area contributed by atoms with Gasteiger partial charge in [-0.2, -0.15) is 0 Å². The summed E-state index contributed by atoms with van der Waals surface area (Å²) < 4.78 is 0. The molecule has 2 aliphatic rings. The molecule has 19 heavy (non-hydrogen) atoms. The molecule has 1 aromatic carbocycles. The maximum atomic E-state index is 12.0. The van der Waals surface area contributed by atoms with E-state index in [-0.39, 0.29) is 5.91 Å². The molecule has 1 amide bonds. The number of carboxylic acid groups (broad SMARTS) is 1. The van der Waals surface area contributed by atoms with Crippen molar-refractivity contribution in [3.05, 3.63) is 29.3 Å². The van der Waals surface area contributed by atoms with Crippen molar-refractivity contribution < 1.29 is 14.7 Å². The maximum absolute atomic E-state index is 12.0. The molecular weight excluding hydrogens is 244 g/mol. The smallest absolute Gasteiger partial charge is 0.335 e. The molecule has 2 aliphatic heterocycles. The summed E-state index contributed by atoms with van der Waals surface area (Å²) in [6.07, 6.45) is 1.91. The van der Waals surface area contributed by atoms with Gasteiger partial charge >= 0.3 is 5.97 Å². The first kappa shape index (κ1) is 12.0. The summed E-state index contributed by atoms with van der Waals surface area (Å²) in [5.74, 6) is -0.737. The lowest BCUT2D eigenvalue weighted by Gasteiger charge is -2.33. The maximum Gasteiger partial charge on any atom is 0.335 e. The second-order valence-corrected chi connectivity index (χ2v) is 5.05. The first-order valence-corrected chi connectivity index (χ1v) is 6.54. The number of anilines is 1. The molecule has 0 bridgehead atoms. The number of nitrogens with zero attached hydrogens (tertiary/aromatic N) is 2. The highest BCUT2D eigenvalue weighted by atomic mass is 16.4. The van der Waals surface area contributed by atoms with E-state index >= 15 is 0 Å². The standard InChI is InChI=1S/C14H16N2O3/c17-13(15-5-1-6-15)9-16-7-4-10-8-11(14(18)19)2-3-12(10)16/h2-3,8H,1,4-7,9H2,(H,18,19). The number of benzene rings is 1. The number of carbonyl (C=O) groups is 2. The monoisotopic (exact) mass is 260 g/mol. The van der Waals surface area contributed by atoms with E-state index in [4.69, 9.17) is 5.11 Å². The number of fused-ring (bicyclic) bond motifs is 1. The van der Waals surface area contributed by atoms with Gasteiger partial charge in [0.05, 0.1) is 12.1 Å². The minimum Gasteiger partial charge on any atom is -0.478 e. The molecule has 0 aromatic heterocycles. The van der Waals surface area contributed by atoms with Gasteiger partial charge in [-0.1, -0.05) is 0 Å². The third-order valence-corrected chi connectivity index (χ3v) is 3.85. The Morgan fingerprint density at radius 3 is 2.63 bits per heavy atom. The predicted molar refractivity (Wildman–Crippen MR) is 70.5 cm³/mol. The van der Waals surface area contributed by atoms with Crippen molar-refractivity contribution in [2.24, 2.45) is 0 Å². The molecule has 1 saturated heterocycles. The number of hydrogen-bond acceptors (Lipinski definition) is 3. The van der Waals surface area contributed by atoms with E-state index < -0.39 is 5.97 Å². The van der Waals surface area contributed by atoms with Gasteiger partial charge in [-0.05, 0) is 36.6 Å². The molecule has 3 rings (SSSR count). The Labute approximate surface area is 111 Å². The van der Waals surface area contributed by atoms with Gasteiger partial charge in [-0.15, -0.1) is 0 Å². The van der Waals surface area contributed by atoms with Gasteiger partial charge in [-0.3, -0.25) is 4.79 Å². The second kappa shape index (κ2) is 4.57. The van der Waals surface area contributed by atoms with Crippen LogP contribution in [0.5, 0.6) is 0 Å². The highest BCUT2D eigenvalue weighted by molar-refractivity contribution is 5.89. The van der Waals surface area contributed by atoms with Gasteiger partial charge in [0, 0.05) is 25.3 Å². The molecule has 5 heteroatoms. The minimum atomic E-state index is -0.905. The summed E-state index contributed by atoms with van der Waals surface area (Å²) in [6, 6.07) is 5.13. The number of carbonyl (C=O) groups excluding carboxylic acids is 1. The summed E-state index contributed by atoms with van der Waals surface area (Å²) >= 11 is 0. The lowest BCUT2D eigenvalue weighted by molar-refractivity contribution is -0.133. The summed E-state index contributed by atoms with van der Waals surface area (Å²) in [5.41, 5.74) is 2.34. The fourth-order valence-corrected chi connectivity index (χ4v) is 2.60. The highest BCUT2D eigenvalue weighted by Crippen LogP contribution is 2.29. The second-order valence-electron chi connectivity index (χ2n) is 5.05. The Kier molecular flexibility index (Phi) is 2.89. The van der Waals surface area contributed by atoms with Crippen molar-refractivity contribution in [2.75, 3.05) is 31.1 Å². The van der Waals surface area contributed by atoms with Crippen LogP contribution in [-0.4, -0.2) is 48.1 Å². The number of amides is 1. The number of hydrogen-bond donors (Lipinski definition) is 1. The molecule has 0 atom stereocenters. The van der Waals surface area contributed by atoms with E-state index in [9.17, 15) is 9.59 Å². The van der Waals surface area contributed by atoms with E-state index in [0.717, 1.165) is 43.7 Å². The van der Waals surface area contributed by atoms with Crippen LogP contribution in [0.3, 0.4) is 0 Å². The molecule has 0 spiro atoms. The van der Waals surface area contributed by atoms with Crippen LogP contribution in [0.25, 0.3) is 0 Å². The summed E-state index contributed by atoms with van der Waals surface area (Å²) in [4.78, 5) is 26.8. The molecule has 0 aliphatic carbocycles. The molecule has 100 valence electrons. The quantitative estimate of drug-likeness (QED) is 0.880. The van der Waals surface area contributed by atoms with Crippen LogP contribution in [0.4, 0.5) is 5.69 Å². The molecule has 5 nitrogen and oxygen atoms in total. The Balaban J connectivity index is 1.74. The molecule has 0 radical (unpaired) electrons. The zero-order chi connectivity index (χ0) is 13.4. The van der Waals surface area contributed by atoms with Crippen LogP contribution in [0.1, 0.15) is 22.3 Å². The molecule has 1 aromatic rings. The Morgan fingerprint density at radius 1 is 1.21 bits per heavy atom. The number of likely N-dealkylation sites (tertiary alicyclic amines) is 1. The van der Waals surface area contributed by atoms with E-state index in [0.29, 0.717) is 12.1 Å². The van der Waals surface area contributed by atoms with Crippen molar-refractivity contribution in [2.45, 2.75) is 12.8 Å². The van der Waals surface area contributed by atoms with Gasteiger partial charge in [0.25, 0.3) is 0 Å². The normalized spacial score (nSPS) is 17.1. The topological polar surface area (TPSA) is 60.9 Å². The Bertz CT molecular complexity index is 537. The molecule has 2 heterocycles. The molecule has 0 saturated carbocycles. The Hall–Kier alpha value is -2.04. The van der Waals surface area contributed by atoms with Crippen molar-refractivity contribution in [3.8, 4) is 0 Å². The fraction of sp³-hybridized carbons (Fsp3) is 0.429. The fourth-order valence-electron chi connectivity index (χ4n) is 2.60. The number of aromatic carboxylic acids is 1. The molecular formula is C14H16N2O3. The number of rotatable bonds is 3. The molecule has 1 fully saturated rings. The SMILES string of the molecule is O=C(O)c1ccc2c(c1)CCN2CC(=O)N1CCC1. The lowest BCUT2D eigenvalue weighted by Crippen LogP contribution is -2.47. The van der Waals surface area contributed by atoms with Gasteiger partial charge in [-0.25, -0.2) is 4.79 Å². The Morgan fingerprint density at radius 2 is 2.00 bits per heavy atom. The van der Waals surface area contributed by atoms with E-state index in [1.807, 2.05) is 15.9 Å². The molecule has 0 unspecified atom stereocenters. The minimum absolute atomic E-state index is 0.168. The van der Waals surface area contributed by atoms with Crippen LogP contribution in [-0.2, 0) is 11.2 Å². The van der Waals surface area contributed by atoms with E-state index in [1.165, 1.54) is 0 Å². The average Bonchev–Trinajstić information content (AvgIpc) is 2.69. The first-order chi connectivity index (χ1) is 9.15. The first-order valence-electron chi connectivity index (χ1n) is 6.54. The van der Waals surface area contributed by atoms with Crippen LogP contribution in [0.15, 0.2) is 18.2 Å². The van der Waals surface area contributed by atoms with Crippen LogP contribution >= 0.6 is 0 Å². The summed E-state index contributed by atoms with van der Waals surface area (Å²) in [5, 5.41) is 8.97. The van der Waals surface area contributed by atoms with Crippen molar-refractivity contribution in [3.63, 3.8) is 0 Å². The zero-order valence-electron chi connectivity index (χ0n) is 10.6. The van der Waals surface area contributed by atoms with Crippen molar-refractivity contribution >= 4 is 17.6 Å². The van der Waals surface area contributed by atoms with E-state index in [1.54, 1.807) is 12.1 Å². The van der Waals surface area contributed by atoms with Gasteiger partial charge in [0.1, 0.15) is 0 Å². The van der Waals surface area contributed by atoms with Crippen LogP contribution in [0, 0.1) is 0 Å². The molecule has 1 N–H and O–H groups in total. The van der Waals surface area contributed by atoms with Crippen molar-refractivity contribution in [1.82, 2.24) is 4.90 Å². The summed E-state index contributed by atoms with van der Waals surface area (Å²) in [7, 11) is 0. The van der Waals surface area contributed by atoms with Gasteiger partial charge < -0.3 is 14.9 Å². The highest BCUT2D eigenvalue weighted by Gasteiger charge is 2.26. The number of carboxylic acids is 1. The zero-order valence-corrected chi connectivity index (χ0v) is 10.6. The lowest BCUT2D eigenvalue weighted by atomic mass is 10.1. The van der Waals surface area contributed by atoms with Gasteiger partial charge in [0.2, 0.25) is 5.91 Å². The largest absolute Gasteiger partial charge is 0.478 e. The average molecular weight is 260 g/mol. The third-order valence-electron chi connectivity index (χ3n) is 3.85.